The van der Waals surface area contributed by atoms with Crippen molar-refractivity contribution >= 4 is 17.0 Å². The molecule has 0 atom stereocenters. The number of para-hydroxylation sites is 1. The number of carbonyl (C=O) groups excluding carboxylic acids is 1. The first-order valence-electron chi connectivity index (χ1n) is 7.02. The maximum absolute atomic E-state index is 11.6. The van der Waals surface area contributed by atoms with E-state index in [2.05, 4.69) is 15.6 Å². The van der Waals surface area contributed by atoms with E-state index in [0.717, 1.165) is 16.7 Å². The third-order valence-corrected chi connectivity index (χ3v) is 3.09. The summed E-state index contributed by atoms with van der Waals surface area (Å²) < 4.78 is 10.5. The Morgan fingerprint density at radius 3 is 3.00 bits per heavy atom. The monoisotopic (exact) mass is 291 g/mol. The first-order valence-corrected chi connectivity index (χ1v) is 7.02. The topological polar surface area (TPSA) is 76.4 Å². The third kappa shape index (κ3) is 4.54. The van der Waals surface area contributed by atoms with Gasteiger partial charge in [0.25, 0.3) is 0 Å². The lowest BCUT2D eigenvalue weighted by atomic mass is 10.2. The van der Waals surface area contributed by atoms with Crippen LogP contribution in [0.15, 0.2) is 22.6 Å². The molecule has 0 aliphatic carbocycles. The van der Waals surface area contributed by atoms with E-state index >= 15 is 0 Å². The number of oxazole rings is 1. The Balaban J connectivity index is 1.75. The summed E-state index contributed by atoms with van der Waals surface area (Å²) in [6.07, 6.45) is 0.581. The van der Waals surface area contributed by atoms with E-state index in [9.17, 15) is 4.79 Å². The average Bonchev–Trinajstić information content (AvgIpc) is 2.88. The number of rotatable bonds is 8. The molecule has 0 bridgehead atoms. The van der Waals surface area contributed by atoms with Crippen LogP contribution in [0, 0.1) is 6.92 Å². The zero-order valence-corrected chi connectivity index (χ0v) is 12.4. The van der Waals surface area contributed by atoms with Crippen LogP contribution in [0.1, 0.15) is 11.5 Å². The number of aromatic nitrogens is 1. The van der Waals surface area contributed by atoms with Crippen molar-refractivity contribution in [2.45, 2.75) is 13.3 Å². The molecule has 6 nitrogen and oxygen atoms in total. The number of hydrogen-bond donors (Lipinski definition) is 2. The van der Waals surface area contributed by atoms with Crippen LogP contribution in [0.25, 0.3) is 11.1 Å². The number of carbonyl (C=O) groups is 1. The summed E-state index contributed by atoms with van der Waals surface area (Å²) in [6.45, 7) is 4.05. The molecule has 0 spiro atoms. The van der Waals surface area contributed by atoms with Gasteiger partial charge in [0.15, 0.2) is 11.5 Å². The number of nitrogens with zero attached hydrogens (tertiary/aromatic N) is 1. The molecule has 0 aliphatic rings. The summed E-state index contributed by atoms with van der Waals surface area (Å²) in [4.78, 5) is 16.0. The van der Waals surface area contributed by atoms with Crippen molar-refractivity contribution < 1.29 is 13.9 Å². The fourth-order valence-corrected chi connectivity index (χ4v) is 1.99. The second-order valence-electron chi connectivity index (χ2n) is 4.80. The van der Waals surface area contributed by atoms with Gasteiger partial charge in [0, 0.05) is 26.6 Å². The number of aryl methyl sites for hydroxylation is 1. The molecule has 0 aliphatic heterocycles. The number of benzene rings is 1. The van der Waals surface area contributed by atoms with Gasteiger partial charge >= 0.3 is 0 Å². The molecule has 0 fully saturated rings. The van der Waals surface area contributed by atoms with Gasteiger partial charge in [-0.2, -0.15) is 0 Å². The molecule has 6 heteroatoms. The zero-order chi connectivity index (χ0) is 15.1. The van der Waals surface area contributed by atoms with E-state index in [4.69, 9.17) is 9.15 Å². The molecule has 1 aromatic heterocycles. The Bertz CT molecular complexity index is 595. The van der Waals surface area contributed by atoms with Gasteiger partial charge < -0.3 is 19.8 Å². The van der Waals surface area contributed by atoms with Crippen LogP contribution in [0.4, 0.5) is 0 Å². The highest BCUT2D eigenvalue weighted by Gasteiger charge is 2.08. The second kappa shape index (κ2) is 7.75. The smallest absolute Gasteiger partial charge is 0.233 e. The van der Waals surface area contributed by atoms with Crippen molar-refractivity contribution in [3.05, 3.63) is 29.7 Å². The van der Waals surface area contributed by atoms with Crippen molar-refractivity contribution in [3.8, 4) is 0 Å². The number of fused-ring (bicyclic) bond motifs is 1. The minimum Gasteiger partial charge on any atom is -0.441 e. The van der Waals surface area contributed by atoms with Gasteiger partial charge in [-0.1, -0.05) is 12.1 Å². The Morgan fingerprint density at radius 1 is 1.38 bits per heavy atom. The molecule has 2 N–H and O–H groups in total. The maximum atomic E-state index is 11.6. The van der Waals surface area contributed by atoms with Crippen LogP contribution in [-0.2, 0) is 16.0 Å². The van der Waals surface area contributed by atoms with Crippen molar-refractivity contribution in [2.24, 2.45) is 0 Å². The fourth-order valence-electron chi connectivity index (χ4n) is 1.99. The van der Waals surface area contributed by atoms with Crippen LogP contribution < -0.4 is 10.6 Å². The van der Waals surface area contributed by atoms with E-state index in [1.807, 2.05) is 25.1 Å². The molecule has 0 saturated heterocycles. The van der Waals surface area contributed by atoms with Gasteiger partial charge in [-0.05, 0) is 18.6 Å². The second-order valence-corrected chi connectivity index (χ2v) is 4.80. The summed E-state index contributed by atoms with van der Waals surface area (Å²) in [5.74, 6) is 0.602. The van der Waals surface area contributed by atoms with Crippen molar-refractivity contribution in [2.75, 3.05) is 33.4 Å². The molecule has 0 unspecified atom stereocenters. The largest absolute Gasteiger partial charge is 0.441 e. The maximum Gasteiger partial charge on any atom is 0.233 e. The average molecular weight is 291 g/mol. The molecular formula is C15H21N3O3. The van der Waals surface area contributed by atoms with E-state index in [0.29, 0.717) is 32.0 Å². The van der Waals surface area contributed by atoms with E-state index in [1.54, 1.807) is 7.11 Å². The highest BCUT2D eigenvalue weighted by Crippen LogP contribution is 2.18. The molecule has 114 valence electrons. The summed E-state index contributed by atoms with van der Waals surface area (Å²) >= 11 is 0. The van der Waals surface area contributed by atoms with Crippen LogP contribution in [0.5, 0.6) is 0 Å². The van der Waals surface area contributed by atoms with Crippen LogP contribution >= 0.6 is 0 Å². The Kier molecular flexibility index (Phi) is 5.71. The molecule has 1 aromatic carbocycles. The lowest BCUT2D eigenvalue weighted by molar-refractivity contribution is -0.120. The summed E-state index contributed by atoms with van der Waals surface area (Å²) in [5, 5.41) is 5.81. The molecule has 1 amide bonds. The highest BCUT2D eigenvalue weighted by atomic mass is 16.5. The minimum absolute atomic E-state index is 0.0432. The zero-order valence-electron chi connectivity index (χ0n) is 12.4. The summed E-state index contributed by atoms with van der Waals surface area (Å²) in [6, 6.07) is 5.85. The van der Waals surface area contributed by atoms with Gasteiger partial charge in [0.05, 0.1) is 13.2 Å². The quantitative estimate of drug-likeness (QED) is 0.710. The third-order valence-electron chi connectivity index (χ3n) is 3.09. The van der Waals surface area contributed by atoms with Gasteiger partial charge in [-0.25, -0.2) is 4.98 Å². The Hall–Kier alpha value is -1.92. The van der Waals surface area contributed by atoms with Gasteiger partial charge in [0.2, 0.25) is 5.91 Å². The SMILES string of the molecule is COCCNCC(=O)NCCc1nc2c(C)cccc2o1. The van der Waals surface area contributed by atoms with Crippen molar-refractivity contribution in [1.29, 1.82) is 0 Å². The normalized spacial score (nSPS) is 11.0. The van der Waals surface area contributed by atoms with Crippen molar-refractivity contribution in [1.82, 2.24) is 15.6 Å². The number of nitrogens with one attached hydrogen (secondary N) is 2. The number of hydrogen-bond acceptors (Lipinski definition) is 5. The molecule has 2 rings (SSSR count). The summed E-state index contributed by atoms with van der Waals surface area (Å²) in [7, 11) is 1.63. The molecule has 1 heterocycles. The fraction of sp³-hybridized carbons (Fsp3) is 0.467. The van der Waals surface area contributed by atoms with Crippen LogP contribution in [-0.4, -0.2) is 44.2 Å². The number of amides is 1. The first-order chi connectivity index (χ1) is 10.2. The Morgan fingerprint density at radius 2 is 2.24 bits per heavy atom. The van der Waals surface area contributed by atoms with Crippen molar-refractivity contribution in [3.63, 3.8) is 0 Å². The van der Waals surface area contributed by atoms with Gasteiger partial charge in [0.1, 0.15) is 5.52 Å². The highest BCUT2D eigenvalue weighted by molar-refractivity contribution is 5.78. The first kappa shape index (κ1) is 15.5. The predicted octanol–water partition coefficient (Wildman–Crippen LogP) is 1.03. The van der Waals surface area contributed by atoms with E-state index < -0.39 is 0 Å². The van der Waals surface area contributed by atoms with Gasteiger partial charge in [-0.3, -0.25) is 4.79 Å². The standard InChI is InChI=1S/C15H21N3O3/c1-11-4-3-5-12-15(11)18-14(21-12)6-7-17-13(19)10-16-8-9-20-2/h3-5,16H,6-10H2,1-2H3,(H,17,19). The number of methoxy groups -OCH3 is 1. The lowest BCUT2D eigenvalue weighted by Gasteiger charge is -2.05. The molecule has 0 radical (unpaired) electrons. The Labute approximate surface area is 123 Å². The predicted molar refractivity (Wildman–Crippen MR) is 80.2 cm³/mol. The molecule has 21 heavy (non-hydrogen) atoms. The van der Waals surface area contributed by atoms with Gasteiger partial charge in [-0.15, -0.1) is 0 Å². The minimum atomic E-state index is -0.0432. The molecule has 2 aromatic rings. The van der Waals surface area contributed by atoms with E-state index in [1.165, 1.54) is 0 Å². The lowest BCUT2D eigenvalue weighted by Crippen LogP contribution is -2.36. The summed E-state index contributed by atoms with van der Waals surface area (Å²) in [5.41, 5.74) is 2.77. The molecule has 0 saturated carbocycles. The van der Waals surface area contributed by atoms with Crippen LogP contribution in [0.2, 0.25) is 0 Å². The van der Waals surface area contributed by atoms with Crippen LogP contribution in [0.3, 0.4) is 0 Å². The number of ether oxygens (including phenoxy) is 1. The molecular weight excluding hydrogens is 270 g/mol. The van der Waals surface area contributed by atoms with E-state index in [-0.39, 0.29) is 12.5 Å².